The molecule has 3 rings (SSSR count). The highest BCUT2D eigenvalue weighted by molar-refractivity contribution is 5.18. The lowest BCUT2D eigenvalue weighted by Crippen LogP contribution is -2.32. The number of nitrogens with zero attached hydrogens (tertiary/aromatic N) is 2. The zero-order valence-electron chi connectivity index (χ0n) is 12.1. The summed E-state index contributed by atoms with van der Waals surface area (Å²) in [7, 11) is 2.09. The van der Waals surface area contributed by atoms with Crippen molar-refractivity contribution in [1.82, 2.24) is 14.8 Å². The number of hydrogen-bond acceptors (Lipinski definition) is 2. The van der Waals surface area contributed by atoms with Gasteiger partial charge in [0.25, 0.3) is 0 Å². The monoisotopic (exact) mass is 261 g/mol. The summed E-state index contributed by atoms with van der Waals surface area (Å²) in [6.45, 7) is 4.95. The van der Waals surface area contributed by atoms with Gasteiger partial charge in [0.05, 0.1) is 0 Å². The Morgan fingerprint density at radius 3 is 2.68 bits per heavy atom. The molecule has 0 radical (unpaired) electrons. The van der Waals surface area contributed by atoms with Crippen LogP contribution in [0.25, 0.3) is 0 Å². The van der Waals surface area contributed by atoms with E-state index in [-0.39, 0.29) is 0 Å². The van der Waals surface area contributed by atoms with Gasteiger partial charge in [-0.3, -0.25) is 0 Å². The number of piperidine rings is 1. The molecule has 1 unspecified atom stereocenters. The van der Waals surface area contributed by atoms with Gasteiger partial charge in [-0.1, -0.05) is 6.42 Å². The summed E-state index contributed by atoms with van der Waals surface area (Å²) in [6.07, 6.45) is 11.6. The number of hydrogen-bond donors (Lipinski definition) is 1. The van der Waals surface area contributed by atoms with Gasteiger partial charge in [0, 0.05) is 31.5 Å². The largest absolute Gasteiger partial charge is 0.353 e. The molecule has 1 aliphatic carbocycles. The molecule has 0 amide bonds. The van der Waals surface area contributed by atoms with Gasteiger partial charge in [0.15, 0.2) is 0 Å². The van der Waals surface area contributed by atoms with E-state index in [9.17, 15) is 0 Å². The highest BCUT2D eigenvalue weighted by Gasteiger charge is 2.31. The van der Waals surface area contributed by atoms with Crippen molar-refractivity contribution in [2.45, 2.75) is 44.7 Å². The van der Waals surface area contributed by atoms with Gasteiger partial charge in [-0.25, -0.2) is 0 Å². The molecule has 2 fully saturated rings. The van der Waals surface area contributed by atoms with Crippen molar-refractivity contribution in [3.8, 4) is 0 Å². The van der Waals surface area contributed by atoms with Crippen molar-refractivity contribution in [2.24, 2.45) is 5.92 Å². The van der Waals surface area contributed by atoms with Crippen molar-refractivity contribution >= 4 is 0 Å². The summed E-state index contributed by atoms with van der Waals surface area (Å²) in [4.78, 5) is 2.61. The molecule has 1 saturated heterocycles. The van der Waals surface area contributed by atoms with Gasteiger partial charge < -0.3 is 14.8 Å². The molecule has 1 aromatic heterocycles. The van der Waals surface area contributed by atoms with Crippen LogP contribution in [0.4, 0.5) is 0 Å². The van der Waals surface area contributed by atoms with Crippen LogP contribution >= 0.6 is 0 Å². The van der Waals surface area contributed by atoms with Gasteiger partial charge in [0.1, 0.15) is 0 Å². The molecule has 0 aromatic carbocycles. The standard InChI is InChI=1S/C16H27N3/c1-17-16(14-5-6-14)15-7-10-19(13-15)12-11-18-8-3-2-4-9-18/h7,10,13-14,16-17H,2-6,8-9,11-12H2,1H3. The maximum Gasteiger partial charge on any atom is 0.0361 e. The first-order chi connectivity index (χ1) is 9.36. The van der Waals surface area contributed by atoms with Crippen molar-refractivity contribution < 1.29 is 0 Å². The van der Waals surface area contributed by atoms with E-state index in [1.54, 1.807) is 0 Å². The van der Waals surface area contributed by atoms with E-state index in [1.165, 1.54) is 57.3 Å². The lowest BCUT2D eigenvalue weighted by molar-refractivity contribution is 0.221. The average molecular weight is 261 g/mol. The Balaban J connectivity index is 1.52. The Morgan fingerprint density at radius 1 is 1.21 bits per heavy atom. The lowest BCUT2D eigenvalue weighted by Gasteiger charge is -2.26. The third kappa shape index (κ3) is 3.40. The first kappa shape index (κ1) is 13.2. The van der Waals surface area contributed by atoms with Crippen LogP contribution in [0, 0.1) is 5.92 Å². The van der Waals surface area contributed by atoms with Crippen LogP contribution < -0.4 is 5.32 Å². The Bertz CT molecular complexity index is 388. The second-order valence-corrected chi connectivity index (χ2v) is 6.19. The molecular formula is C16H27N3. The van der Waals surface area contributed by atoms with E-state index in [0.717, 1.165) is 12.5 Å². The van der Waals surface area contributed by atoms with Gasteiger partial charge in [0.2, 0.25) is 0 Å². The fourth-order valence-corrected chi connectivity index (χ4v) is 3.33. The maximum absolute atomic E-state index is 3.48. The molecule has 19 heavy (non-hydrogen) atoms. The quantitative estimate of drug-likeness (QED) is 0.849. The normalized spacial score (nSPS) is 22.6. The molecule has 1 aliphatic heterocycles. The van der Waals surface area contributed by atoms with Crippen molar-refractivity contribution in [1.29, 1.82) is 0 Å². The second-order valence-electron chi connectivity index (χ2n) is 6.19. The third-order valence-corrected chi connectivity index (χ3v) is 4.66. The van der Waals surface area contributed by atoms with E-state index >= 15 is 0 Å². The highest BCUT2D eigenvalue weighted by atomic mass is 15.1. The molecule has 0 bridgehead atoms. The molecular weight excluding hydrogens is 234 g/mol. The summed E-state index contributed by atoms with van der Waals surface area (Å²) in [5.74, 6) is 0.878. The van der Waals surface area contributed by atoms with Gasteiger partial charge in [-0.15, -0.1) is 0 Å². The molecule has 106 valence electrons. The van der Waals surface area contributed by atoms with Crippen LogP contribution in [0.2, 0.25) is 0 Å². The fraction of sp³-hybridized carbons (Fsp3) is 0.750. The van der Waals surface area contributed by atoms with Crippen LogP contribution in [0.1, 0.15) is 43.7 Å². The topological polar surface area (TPSA) is 20.2 Å². The molecule has 3 heteroatoms. The molecule has 1 saturated carbocycles. The molecule has 1 atom stereocenters. The van der Waals surface area contributed by atoms with Crippen LogP contribution in [-0.4, -0.2) is 36.1 Å². The zero-order chi connectivity index (χ0) is 13.1. The minimum Gasteiger partial charge on any atom is -0.353 e. The van der Waals surface area contributed by atoms with Gasteiger partial charge >= 0.3 is 0 Å². The number of aromatic nitrogens is 1. The van der Waals surface area contributed by atoms with E-state index in [0.29, 0.717) is 6.04 Å². The third-order valence-electron chi connectivity index (χ3n) is 4.66. The SMILES string of the molecule is CNC(c1ccn(CCN2CCCCC2)c1)C1CC1. The summed E-state index contributed by atoms with van der Waals surface area (Å²) < 4.78 is 2.37. The molecule has 1 aromatic rings. The summed E-state index contributed by atoms with van der Waals surface area (Å²) in [6, 6.07) is 2.88. The van der Waals surface area contributed by atoms with Crippen LogP contribution in [-0.2, 0) is 6.54 Å². The molecule has 0 spiro atoms. The van der Waals surface area contributed by atoms with E-state index < -0.39 is 0 Å². The maximum atomic E-state index is 3.48. The smallest absolute Gasteiger partial charge is 0.0361 e. The predicted molar refractivity (Wildman–Crippen MR) is 79.2 cm³/mol. The van der Waals surface area contributed by atoms with Crippen LogP contribution in [0.15, 0.2) is 18.5 Å². The summed E-state index contributed by atoms with van der Waals surface area (Å²) in [5, 5.41) is 3.48. The Labute approximate surface area is 117 Å². The van der Waals surface area contributed by atoms with E-state index in [2.05, 4.69) is 40.3 Å². The van der Waals surface area contributed by atoms with Gasteiger partial charge in [-0.05, 0) is 63.4 Å². The van der Waals surface area contributed by atoms with Crippen molar-refractivity contribution in [2.75, 3.05) is 26.7 Å². The highest BCUT2D eigenvalue weighted by Crippen LogP contribution is 2.40. The Kier molecular flexibility index (Phi) is 4.24. The lowest BCUT2D eigenvalue weighted by atomic mass is 10.1. The summed E-state index contributed by atoms with van der Waals surface area (Å²) in [5.41, 5.74) is 1.48. The molecule has 2 aliphatic rings. The number of likely N-dealkylation sites (tertiary alicyclic amines) is 1. The van der Waals surface area contributed by atoms with Crippen molar-refractivity contribution in [3.63, 3.8) is 0 Å². The van der Waals surface area contributed by atoms with Crippen LogP contribution in [0.3, 0.4) is 0 Å². The Hall–Kier alpha value is -0.800. The van der Waals surface area contributed by atoms with Crippen LogP contribution in [0.5, 0.6) is 0 Å². The fourth-order valence-electron chi connectivity index (χ4n) is 3.33. The summed E-state index contributed by atoms with van der Waals surface area (Å²) >= 11 is 0. The minimum absolute atomic E-state index is 0.580. The second kappa shape index (κ2) is 6.10. The van der Waals surface area contributed by atoms with Crippen molar-refractivity contribution in [3.05, 3.63) is 24.0 Å². The predicted octanol–water partition coefficient (Wildman–Crippen LogP) is 2.64. The molecule has 1 N–H and O–H groups in total. The first-order valence-corrected chi connectivity index (χ1v) is 7.92. The van der Waals surface area contributed by atoms with Gasteiger partial charge in [-0.2, -0.15) is 0 Å². The van der Waals surface area contributed by atoms with E-state index in [4.69, 9.17) is 0 Å². The number of rotatable bonds is 6. The van der Waals surface area contributed by atoms with E-state index in [1.807, 2.05) is 0 Å². The Morgan fingerprint density at radius 2 is 2.00 bits per heavy atom. The average Bonchev–Trinajstić information content (AvgIpc) is 3.17. The first-order valence-electron chi connectivity index (χ1n) is 7.92. The number of nitrogens with one attached hydrogen (secondary N) is 1. The minimum atomic E-state index is 0.580. The zero-order valence-corrected chi connectivity index (χ0v) is 12.1. The molecule has 2 heterocycles. The molecule has 3 nitrogen and oxygen atoms in total.